The third kappa shape index (κ3) is 1.55. The van der Waals surface area contributed by atoms with Crippen molar-refractivity contribution in [2.45, 2.75) is 71.1 Å². The molecule has 0 aliphatic heterocycles. The number of aryl methyl sites for hydroxylation is 1. The number of rotatable bonds is 1. The monoisotopic (exact) mass is 229 g/mol. The molecular weight excluding hydrogens is 206 g/mol. The highest BCUT2D eigenvalue weighted by atomic mass is 14.8. The van der Waals surface area contributed by atoms with E-state index in [1.165, 1.54) is 43.5 Å². The number of hydrogen-bond donors (Lipinski definition) is 0. The van der Waals surface area contributed by atoms with E-state index in [4.69, 9.17) is 4.98 Å². The van der Waals surface area contributed by atoms with Crippen LogP contribution in [-0.2, 0) is 24.7 Å². The minimum Gasteiger partial charge on any atom is -0.257 e. The Morgan fingerprint density at radius 3 is 2.53 bits per heavy atom. The van der Waals surface area contributed by atoms with Crippen molar-refractivity contribution in [3.63, 3.8) is 0 Å². The third-order valence-electron chi connectivity index (χ3n) is 4.59. The molecule has 1 aromatic heterocycles. The second-order valence-electron chi connectivity index (χ2n) is 6.67. The molecular formula is C16H23N. The van der Waals surface area contributed by atoms with Gasteiger partial charge in [0.2, 0.25) is 0 Å². The molecule has 0 amide bonds. The summed E-state index contributed by atoms with van der Waals surface area (Å²) < 4.78 is 0. The number of pyridine rings is 1. The molecule has 0 N–H and O–H groups in total. The first-order valence-electron chi connectivity index (χ1n) is 7.05. The summed E-state index contributed by atoms with van der Waals surface area (Å²) in [5.41, 5.74) is 8.01. The maximum atomic E-state index is 5.03. The Balaban J connectivity index is 2.27. The zero-order valence-electron chi connectivity index (χ0n) is 11.6. The first kappa shape index (κ1) is 11.3. The Morgan fingerprint density at radius 2 is 1.82 bits per heavy atom. The average molecular weight is 229 g/mol. The van der Waals surface area contributed by atoms with E-state index in [9.17, 15) is 0 Å². The van der Waals surface area contributed by atoms with Gasteiger partial charge in [-0.15, -0.1) is 0 Å². The van der Waals surface area contributed by atoms with Crippen LogP contribution in [-0.4, -0.2) is 4.98 Å². The fourth-order valence-corrected chi connectivity index (χ4v) is 3.72. The van der Waals surface area contributed by atoms with Gasteiger partial charge in [-0.1, -0.05) is 27.7 Å². The zero-order valence-corrected chi connectivity index (χ0v) is 11.6. The van der Waals surface area contributed by atoms with Crippen LogP contribution in [0.3, 0.4) is 0 Å². The molecule has 0 bridgehead atoms. The van der Waals surface area contributed by atoms with Gasteiger partial charge in [0.25, 0.3) is 0 Å². The summed E-state index contributed by atoms with van der Waals surface area (Å²) in [7, 11) is 0. The summed E-state index contributed by atoms with van der Waals surface area (Å²) in [6.45, 7) is 9.41. The molecule has 17 heavy (non-hydrogen) atoms. The minimum absolute atomic E-state index is 0.302. The van der Waals surface area contributed by atoms with Crippen molar-refractivity contribution in [2.24, 2.45) is 0 Å². The quantitative estimate of drug-likeness (QED) is 0.711. The Hall–Kier alpha value is -0.850. The second kappa shape index (κ2) is 3.57. The molecule has 1 nitrogen and oxygen atoms in total. The number of hydrogen-bond acceptors (Lipinski definition) is 1. The van der Waals surface area contributed by atoms with E-state index in [2.05, 4.69) is 27.7 Å². The summed E-state index contributed by atoms with van der Waals surface area (Å²) in [6.07, 6.45) is 6.31. The van der Waals surface area contributed by atoms with Gasteiger partial charge in [-0.3, -0.25) is 4.98 Å². The summed E-state index contributed by atoms with van der Waals surface area (Å²) >= 11 is 0. The number of nitrogens with zero attached hydrogens (tertiary/aromatic N) is 1. The summed E-state index contributed by atoms with van der Waals surface area (Å²) in [4.78, 5) is 5.03. The van der Waals surface area contributed by atoms with E-state index >= 15 is 0 Å². The topological polar surface area (TPSA) is 12.9 Å². The maximum absolute atomic E-state index is 5.03. The first-order valence-corrected chi connectivity index (χ1v) is 7.05. The van der Waals surface area contributed by atoms with Crippen LogP contribution in [0, 0.1) is 0 Å². The van der Waals surface area contributed by atoms with E-state index < -0.39 is 0 Å². The van der Waals surface area contributed by atoms with Crippen molar-refractivity contribution in [1.82, 2.24) is 4.98 Å². The molecule has 2 aliphatic carbocycles. The molecule has 92 valence electrons. The average Bonchev–Trinajstić information content (AvgIpc) is 2.81. The Labute approximate surface area is 105 Å². The Bertz CT molecular complexity index is 469. The highest BCUT2D eigenvalue weighted by molar-refractivity contribution is 5.49. The largest absolute Gasteiger partial charge is 0.257 e. The standard InChI is InChI=1S/C16H23N/c1-10(2)14-11-6-5-7-13(11)17-15-12(14)8-9-16(15,3)4/h10H,5-9H2,1-4H3. The van der Waals surface area contributed by atoms with Crippen LogP contribution in [0.5, 0.6) is 0 Å². The van der Waals surface area contributed by atoms with Gasteiger partial charge in [0, 0.05) is 16.8 Å². The molecule has 1 heteroatoms. The van der Waals surface area contributed by atoms with Gasteiger partial charge in [0.05, 0.1) is 0 Å². The van der Waals surface area contributed by atoms with E-state index in [1.54, 1.807) is 16.7 Å². The van der Waals surface area contributed by atoms with Gasteiger partial charge in [-0.2, -0.15) is 0 Å². The van der Waals surface area contributed by atoms with Gasteiger partial charge < -0.3 is 0 Å². The van der Waals surface area contributed by atoms with Crippen molar-refractivity contribution in [3.05, 3.63) is 28.1 Å². The first-order chi connectivity index (χ1) is 8.00. The molecule has 0 unspecified atom stereocenters. The van der Waals surface area contributed by atoms with E-state index in [0.29, 0.717) is 11.3 Å². The highest BCUT2D eigenvalue weighted by Crippen LogP contribution is 2.43. The van der Waals surface area contributed by atoms with Gasteiger partial charge in [0.1, 0.15) is 0 Å². The van der Waals surface area contributed by atoms with E-state index in [-0.39, 0.29) is 0 Å². The lowest BCUT2D eigenvalue weighted by Gasteiger charge is -2.22. The zero-order chi connectivity index (χ0) is 12.2. The van der Waals surface area contributed by atoms with Gasteiger partial charge in [-0.05, 0) is 54.7 Å². The second-order valence-corrected chi connectivity index (χ2v) is 6.67. The lowest BCUT2D eigenvalue weighted by molar-refractivity contribution is 0.508. The van der Waals surface area contributed by atoms with Crippen LogP contribution in [0.15, 0.2) is 0 Å². The predicted molar refractivity (Wildman–Crippen MR) is 71.7 cm³/mol. The van der Waals surface area contributed by atoms with Crippen LogP contribution in [0.25, 0.3) is 0 Å². The highest BCUT2D eigenvalue weighted by Gasteiger charge is 2.36. The summed E-state index contributed by atoms with van der Waals surface area (Å²) in [6, 6.07) is 0. The molecule has 0 aromatic carbocycles. The van der Waals surface area contributed by atoms with Crippen molar-refractivity contribution in [1.29, 1.82) is 0 Å². The predicted octanol–water partition coefficient (Wildman–Crippen LogP) is 3.92. The molecule has 0 saturated heterocycles. The molecule has 0 saturated carbocycles. The van der Waals surface area contributed by atoms with E-state index in [1.807, 2.05) is 0 Å². The number of fused-ring (bicyclic) bond motifs is 2. The summed E-state index contributed by atoms with van der Waals surface area (Å²) in [5, 5.41) is 0. The molecule has 2 aliphatic rings. The van der Waals surface area contributed by atoms with E-state index in [0.717, 1.165) is 0 Å². The van der Waals surface area contributed by atoms with Crippen molar-refractivity contribution in [3.8, 4) is 0 Å². The molecule has 1 heterocycles. The van der Waals surface area contributed by atoms with Crippen LogP contribution in [0.1, 0.15) is 74.5 Å². The molecule has 0 radical (unpaired) electrons. The smallest absolute Gasteiger partial charge is 0.0498 e. The van der Waals surface area contributed by atoms with Crippen LogP contribution in [0.4, 0.5) is 0 Å². The Kier molecular flexibility index (Phi) is 2.36. The van der Waals surface area contributed by atoms with Crippen LogP contribution in [0.2, 0.25) is 0 Å². The fourth-order valence-electron chi connectivity index (χ4n) is 3.72. The molecule has 0 atom stereocenters. The lowest BCUT2D eigenvalue weighted by Crippen LogP contribution is -2.16. The normalized spacial score (nSPS) is 20.8. The lowest BCUT2D eigenvalue weighted by atomic mass is 9.87. The van der Waals surface area contributed by atoms with Gasteiger partial charge >= 0.3 is 0 Å². The fraction of sp³-hybridized carbons (Fsp3) is 0.688. The number of aromatic nitrogens is 1. The molecule has 3 rings (SSSR count). The SMILES string of the molecule is CC(C)c1c2c(nc3c1CCC3(C)C)CCC2. The summed E-state index contributed by atoms with van der Waals surface area (Å²) in [5.74, 6) is 0.660. The molecule has 0 spiro atoms. The Morgan fingerprint density at radius 1 is 1.06 bits per heavy atom. The molecule has 1 aromatic rings. The van der Waals surface area contributed by atoms with Crippen LogP contribution < -0.4 is 0 Å². The maximum Gasteiger partial charge on any atom is 0.0498 e. The van der Waals surface area contributed by atoms with Gasteiger partial charge in [0.15, 0.2) is 0 Å². The van der Waals surface area contributed by atoms with Gasteiger partial charge in [-0.25, -0.2) is 0 Å². The van der Waals surface area contributed by atoms with Crippen molar-refractivity contribution >= 4 is 0 Å². The van der Waals surface area contributed by atoms with Crippen LogP contribution >= 0.6 is 0 Å². The molecule has 0 fully saturated rings. The van der Waals surface area contributed by atoms with Crippen molar-refractivity contribution in [2.75, 3.05) is 0 Å². The minimum atomic E-state index is 0.302. The third-order valence-corrected chi connectivity index (χ3v) is 4.59. The van der Waals surface area contributed by atoms with Crippen molar-refractivity contribution < 1.29 is 0 Å².